The van der Waals surface area contributed by atoms with Crippen LogP contribution in [0.2, 0.25) is 0 Å². The maximum Gasteiger partial charge on any atom is 0.143 e. The Morgan fingerprint density at radius 3 is 2.71 bits per heavy atom. The van der Waals surface area contributed by atoms with E-state index in [-0.39, 0.29) is 6.54 Å². The summed E-state index contributed by atoms with van der Waals surface area (Å²) in [5.74, 6) is 4.72. The van der Waals surface area contributed by atoms with Gasteiger partial charge in [0.2, 0.25) is 0 Å². The molecule has 0 aliphatic carbocycles. The second-order valence-corrected chi connectivity index (χ2v) is 0.837. The number of rotatable bonds is 2. The Balaban J connectivity index is 3.21. The number of hydrogen-bond donors (Lipinski definition) is 1. The van der Waals surface area contributed by atoms with Gasteiger partial charge in [0, 0.05) is 0 Å². The number of nitrogens with two attached hydrogens (primary N) is 1. The van der Waals surface area contributed by atoms with Crippen LogP contribution < -0.4 is 5.84 Å². The van der Waals surface area contributed by atoms with E-state index in [4.69, 9.17) is 11.1 Å². The van der Waals surface area contributed by atoms with Crippen LogP contribution in [0.3, 0.4) is 0 Å². The van der Waals surface area contributed by atoms with Crippen molar-refractivity contribution in [2.24, 2.45) is 11.1 Å². The van der Waals surface area contributed by atoms with Crippen LogP contribution in [0.5, 0.6) is 0 Å². The lowest BCUT2D eigenvalue weighted by Crippen LogP contribution is -2.24. The Bertz CT molecular complexity index is 94.4. The van der Waals surface area contributed by atoms with Crippen molar-refractivity contribution >= 4 is 0 Å². The Kier molecular flexibility index (Phi) is 2.55. The predicted molar refractivity (Wildman–Crippen MR) is 22.3 cm³/mol. The highest BCUT2D eigenvalue weighted by Crippen LogP contribution is 1.70. The molecule has 0 spiro atoms. The monoisotopic (exact) mass is 100 g/mol. The van der Waals surface area contributed by atoms with Crippen molar-refractivity contribution in [3.8, 4) is 6.07 Å². The van der Waals surface area contributed by atoms with Gasteiger partial charge in [-0.1, -0.05) is 0 Å². The molecule has 0 aromatic rings. The molecule has 0 atom stereocenters. The molecule has 5 nitrogen and oxygen atoms in total. The first-order valence-electron chi connectivity index (χ1n) is 1.53. The highest BCUT2D eigenvalue weighted by Gasteiger charge is 1.86. The van der Waals surface area contributed by atoms with Gasteiger partial charge in [-0.25, -0.2) is 5.84 Å². The van der Waals surface area contributed by atoms with E-state index in [0.717, 1.165) is 0 Å². The van der Waals surface area contributed by atoms with E-state index in [9.17, 15) is 4.91 Å². The smallest absolute Gasteiger partial charge is 0.143 e. The van der Waals surface area contributed by atoms with Gasteiger partial charge in [0.25, 0.3) is 0 Å². The normalized spacial score (nSPS) is 6.86. The molecule has 0 aliphatic heterocycles. The molecule has 0 saturated heterocycles. The molecule has 38 valence electrons. The molecule has 2 N–H and O–H groups in total. The summed E-state index contributed by atoms with van der Waals surface area (Å²) in [6.45, 7) is -0.163. The van der Waals surface area contributed by atoms with Crippen molar-refractivity contribution in [3.63, 3.8) is 0 Å². The van der Waals surface area contributed by atoms with E-state index in [0.29, 0.717) is 5.12 Å². The van der Waals surface area contributed by atoms with Crippen molar-refractivity contribution < 1.29 is 0 Å². The highest BCUT2D eigenvalue weighted by atomic mass is 16.3. The Morgan fingerprint density at radius 1 is 2.00 bits per heavy atom. The zero-order valence-electron chi connectivity index (χ0n) is 3.53. The molecular weight excluding hydrogens is 96.0 g/mol. The first kappa shape index (κ1) is 5.85. The van der Waals surface area contributed by atoms with Gasteiger partial charge < -0.3 is 0 Å². The molecule has 5 heteroatoms. The van der Waals surface area contributed by atoms with Crippen LogP contribution in [0.4, 0.5) is 0 Å². The minimum Gasteiger partial charge on any atom is -0.228 e. The molecule has 0 amide bonds. The maximum atomic E-state index is 9.29. The lowest BCUT2D eigenvalue weighted by atomic mass is 10.8. The fraction of sp³-hybridized carbons (Fsp3) is 0.500. The summed E-state index contributed by atoms with van der Waals surface area (Å²) in [6, 6.07) is 1.63. The van der Waals surface area contributed by atoms with Crippen molar-refractivity contribution in [3.05, 3.63) is 4.91 Å². The molecular formula is C2H4N4O. The fourth-order valence-corrected chi connectivity index (χ4v) is 0.101. The summed E-state index contributed by atoms with van der Waals surface area (Å²) in [6.07, 6.45) is 0. The van der Waals surface area contributed by atoms with Gasteiger partial charge in [-0.15, -0.1) is 4.91 Å². The molecule has 0 unspecified atom stereocenters. The number of nitrogens with zero attached hydrogens (tertiary/aromatic N) is 3. The maximum absolute atomic E-state index is 9.29. The second kappa shape index (κ2) is 3.06. The van der Waals surface area contributed by atoms with Crippen LogP contribution in [0.1, 0.15) is 0 Å². The summed E-state index contributed by atoms with van der Waals surface area (Å²) in [5, 5.41) is 10.5. The van der Waals surface area contributed by atoms with E-state index in [1.807, 2.05) is 0 Å². The summed E-state index contributed by atoms with van der Waals surface area (Å²) in [7, 11) is 0. The van der Waals surface area contributed by atoms with Gasteiger partial charge >= 0.3 is 0 Å². The number of hydrogen-bond acceptors (Lipinski definition) is 4. The van der Waals surface area contributed by atoms with Gasteiger partial charge in [0.05, 0.1) is 11.4 Å². The third-order valence-electron chi connectivity index (χ3n) is 0.338. The molecule has 0 saturated carbocycles. The van der Waals surface area contributed by atoms with Crippen LogP contribution in [0, 0.1) is 16.2 Å². The Morgan fingerprint density at radius 2 is 2.57 bits per heavy atom. The fourth-order valence-electron chi connectivity index (χ4n) is 0.101. The average molecular weight is 100 g/mol. The number of nitriles is 1. The molecule has 0 aromatic heterocycles. The van der Waals surface area contributed by atoms with Gasteiger partial charge in [-0.3, -0.25) is 0 Å². The molecule has 0 radical (unpaired) electrons. The zero-order valence-corrected chi connectivity index (χ0v) is 3.53. The number of hydrazine groups is 1. The lowest BCUT2D eigenvalue weighted by Gasteiger charge is -1.96. The van der Waals surface area contributed by atoms with Crippen molar-refractivity contribution in [1.82, 2.24) is 5.12 Å². The summed E-state index contributed by atoms with van der Waals surface area (Å²) in [4.78, 5) is 9.29. The second-order valence-electron chi connectivity index (χ2n) is 0.837. The summed E-state index contributed by atoms with van der Waals surface area (Å²) >= 11 is 0. The first-order valence-corrected chi connectivity index (χ1v) is 1.53. The van der Waals surface area contributed by atoms with Crippen LogP contribution in [-0.2, 0) is 0 Å². The molecule has 0 heterocycles. The standard InChI is InChI=1S/C2H4N4O/c3-1-2-6(4)5-7/h2,4H2. The topological polar surface area (TPSA) is 82.5 Å². The molecule has 7 heavy (non-hydrogen) atoms. The van der Waals surface area contributed by atoms with Gasteiger partial charge in [-0.05, 0) is 0 Å². The summed E-state index contributed by atoms with van der Waals surface area (Å²) in [5.41, 5.74) is 0. The van der Waals surface area contributed by atoms with E-state index in [1.54, 1.807) is 6.07 Å². The van der Waals surface area contributed by atoms with E-state index >= 15 is 0 Å². The van der Waals surface area contributed by atoms with Crippen LogP contribution in [0.25, 0.3) is 0 Å². The third kappa shape index (κ3) is 2.66. The van der Waals surface area contributed by atoms with Crippen molar-refractivity contribution in [2.45, 2.75) is 0 Å². The van der Waals surface area contributed by atoms with Gasteiger partial charge in [-0.2, -0.15) is 10.4 Å². The minimum atomic E-state index is -0.163. The number of nitroso groups, excluding NO2 is 1. The largest absolute Gasteiger partial charge is 0.228 e. The van der Waals surface area contributed by atoms with Gasteiger partial charge in [0.15, 0.2) is 0 Å². The lowest BCUT2D eigenvalue weighted by molar-refractivity contribution is 0.332. The van der Waals surface area contributed by atoms with Crippen LogP contribution in [-0.4, -0.2) is 11.7 Å². The Labute approximate surface area is 40.2 Å². The predicted octanol–water partition coefficient (Wildman–Crippen LogP) is -0.633. The minimum absolute atomic E-state index is 0.163. The molecule has 0 fully saturated rings. The molecule has 0 bridgehead atoms. The van der Waals surface area contributed by atoms with Crippen LogP contribution >= 0.6 is 0 Å². The summed E-state index contributed by atoms with van der Waals surface area (Å²) < 4.78 is 0. The van der Waals surface area contributed by atoms with Crippen molar-refractivity contribution in [2.75, 3.05) is 6.54 Å². The first-order chi connectivity index (χ1) is 3.31. The average Bonchev–Trinajstić information content (AvgIpc) is 1.68. The molecule has 0 aromatic carbocycles. The molecule has 0 aliphatic rings. The van der Waals surface area contributed by atoms with Crippen LogP contribution in [0.15, 0.2) is 5.29 Å². The third-order valence-corrected chi connectivity index (χ3v) is 0.338. The van der Waals surface area contributed by atoms with E-state index < -0.39 is 0 Å². The van der Waals surface area contributed by atoms with E-state index in [1.165, 1.54) is 0 Å². The SMILES string of the molecule is N#CCN(N)N=O. The van der Waals surface area contributed by atoms with E-state index in [2.05, 4.69) is 5.29 Å². The zero-order chi connectivity index (χ0) is 5.70. The quantitative estimate of drug-likeness (QED) is 0.217. The van der Waals surface area contributed by atoms with Crippen molar-refractivity contribution in [1.29, 1.82) is 5.26 Å². The highest BCUT2D eigenvalue weighted by molar-refractivity contribution is 4.70. The Hall–Kier alpha value is -1.15. The van der Waals surface area contributed by atoms with Gasteiger partial charge in [0.1, 0.15) is 6.54 Å². The molecule has 0 rings (SSSR count).